The van der Waals surface area contributed by atoms with Crippen molar-refractivity contribution in [2.45, 2.75) is 71.7 Å². The number of hydrogen-bond donors (Lipinski definition) is 2. The molecule has 0 aliphatic carbocycles. The number of unbranched alkanes of at least 4 members (excludes halogenated alkanes) is 1. The Morgan fingerprint density at radius 2 is 1.85 bits per heavy atom. The molecule has 4 atom stereocenters. The van der Waals surface area contributed by atoms with Gasteiger partial charge in [-0.1, -0.05) is 25.5 Å². The van der Waals surface area contributed by atoms with Gasteiger partial charge >= 0.3 is 5.97 Å². The van der Waals surface area contributed by atoms with E-state index in [1.54, 1.807) is 19.1 Å². The summed E-state index contributed by atoms with van der Waals surface area (Å²) >= 11 is 0. The molecule has 2 rings (SSSR count). The number of rotatable bonds is 14. The highest BCUT2D eigenvalue weighted by atomic mass is 16.7. The van der Waals surface area contributed by atoms with E-state index in [2.05, 4.69) is 31.3 Å². The molecule has 34 heavy (non-hydrogen) atoms. The van der Waals surface area contributed by atoms with Crippen LogP contribution in [0.1, 0.15) is 58.4 Å². The van der Waals surface area contributed by atoms with Crippen LogP contribution in [0.25, 0.3) is 0 Å². The number of hydrogen-bond acceptors (Lipinski definition) is 6. The fourth-order valence-electron chi connectivity index (χ4n) is 4.64. The number of Topliss-reactive ketones (excluding diaryl/α,β-unsaturated/α-hetero) is 1. The first-order valence-corrected chi connectivity index (χ1v) is 12.4. The lowest BCUT2D eigenvalue weighted by Gasteiger charge is -2.38. The van der Waals surface area contributed by atoms with Crippen molar-refractivity contribution in [3.63, 3.8) is 0 Å². The molecule has 2 N–H and O–H groups in total. The molecule has 0 radical (unpaired) electrons. The number of carbonyl (C=O) groups excluding carboxylic acids is 1. The summed E-state index contributed by atoms with van der Waals surface area (Å²) in [6.07, 6.45) is 8.20. The monoisotopic (exact) mass is 474 g/mol. The molecule has 190 valence electrons. The molecule has 0 saturated carbocycles. The lowest BCUT2D eigenvalue weighted by molar-refractivity contribution is -0.207. The molecule has 0 aromatic heterocycles. The molecule has 1 saturated heterocycles. The van der Waals surface area contributed by atoms with Crippen molar-refractivity contribution in [3.8, 4) is 0 Å². The van der Waals surface area contributed by atoms with Crippen molar-refractivity contribution in [1.29, 1.82) is 0 Å². The highest BCUT2D eigenvalue weighted by molar-refractivity contribution is 6.15. The van der Waals surface area contributed by atoms with Gasteiger partial charge in [0, 0.05) is 32.5 Å². The summed E-state index contributed by atoms with van der Waals surface area (Å²) in [4.78, 5) is 24.3. The third-order valence-corrected chi connectivity index (χ3v) is 6.76. The Labute approximate surface area is 204 Å². The minimum Gasteiger partial charge on any atom is -0.478 e. The zero-order valence-corrected chi connectivity index (χ0v) is 21.4. The molecule has 1 heterocycles. The van der Waals surface area contributed by atoms with Crippen LogP contribution in [0, 0.1) is 11.8 Å². The van der Waals surface area contributed by atoms with E-state index < -0.39 is 11.8 Å². The van der Waals surface area contributed by atoms with Crippen molar-refractivity contribution in [2.75, 3.05) is 32.1 Å². The summed E-state index contributed by atoms with van der Waals surface area (Å²) in [6.45, 7) is 7.77. The summed E-state index contributed by atoms with van der Waals surface area (Å²) in [5, 5.41) is 12.7. The number of aryl methyl sites for hydroxylation is 1. The minimum absolute atomic E-state index is 0.0478. The quantitative estimate of drug-likeness (QED) is 0.179. The molecular formula is C27H42N2O5. The third kappa shape index (κ3) is 8.85. The van der Waals surface area contributed by atoms with Gasteiger partial charge in [-0.15, -0.1) is 0 Å². The van der Waals surface area contributed by atoms with Gasteiger partial charge in [0.2, 0.25) is 0 Å². The maximum atomic E-state index is 11.5. The standard InChI is InChI=1S/C27H42N2O5/c1-19-17-26(33-5)34-21(3)24(19)10-6-7-15-28-16-8-9-22-11-13-23(14-12-22)29(4)18-25(20(2)30)27(31)32/h11-14,18-19,21,24,26,28H,6-10,15-17H2,1-5H3,(H,31,32)/b25-18+. The number of carbonyl (C=O) groups is 2. The van der Waals surface area contributed by atoms with Crippen LogP contribution in [0.3, 0.4) is 0 Å². The Morgan fingerprint density at radius 3 is 2.44 bits per heavy atom. The molecular weight excluding hydrogens is 432 g/mol. The number of aliphatic carboxylic acids is 1. The maximum absolute atomic E-state index is 11.5. The van der Waals surface area contributed by atoms with Gasteiger partial charge < -0.3 is 24.8 Å². The second kappa shape index (κ2) is 14.2. The number of carboxylic acid groups (broad SMARTS) is 1. The third-order valence-electron chi connectivity index (χ3n) is 6.76. The minimum atomic E-state index is -1.21. The fourth-order valence-corrected chi connectivity index (χ4v) is 4.64. The van der Waals surface area contributed by atoms with Crippen molar-refractivity contribution in [1.82, 2.24) is 5.32 Å². The van der Waals surface area contributed by atoms with Crippen LogP contribution in [0.15, 0.2) is 36.0 Å². The number of ether oxygens (including phenoxy) is 2. The van der Waals surface area contributed by atoms with Gasteiger partial charge in [0.25, 0.3) is 0 Å². The molecule has 7 heteroatoms. The van der Waals surface area contributed by atoms with E-state index in [0.29, 0.717) is 11.8 Å². The average molecular weight is 475 g/mol. The van der Waals surface area contributed by atoms with Gasteiger partial charge in [-0.05, 0) is 82.2 Å². The largest absolute Gasteiger partial charge is 0.478 e. The van der Waals surface area contributed by atoms with Crippen molar-refractivity contribution in [3.05, 3.63) is 41.6 Å². The molecule has 7 nitrogen and oxygen atoms in total. The Hall–Kier alpha value is -2.22. The normalized spacial score (nSPS) is 23.0. The second-order valence-corrected chi connectivity index (χ2v) is 9.41. The summed E-state index contributed by atoms with van der Waals surface area (Å²) in [5.41, 5.74) is 1.85. The van der Waals surface area contributed by atoms with Crippen LogP contribution in [0.2, 0.25) is 0 Å². The first-order chi connectivity index (χ1) is 16.2. The molecule has 1 fully saturated rings. The van der Waals surface area contributed by atoms with Crippen molar-refractivity contribution < 1.29 is 24.2 Å². The van der Waals surface area contributed by atoms with E-state index in [0.717, 1.165) is 38.0 Å². The lowest BCUT2D eigenvalue weighted by atomic mass is 9.81. The first kappa shape index (κ1) is 28.0. The summed E-state index contributed by atoms with van der Waals surface area (Å²) in [7, 11) is 3.46. The molecule has 4 unspecified atom stereocenters. The van der Waals surface area contributed by atoms with Crippen LogP contribution in [0.4, 0.5) is 5.69 Å². The molecule has 1 aliphatic heterocycles. The van der Waals surface area contributed by atoms with E-state index in [9.17, 15) is 9.59 Å². The second-order valence-electron chi connectivity index (χ2n) is 9.41. The number of methoxy groups -OCH3 is 1. The van der Waals surface area contributed by atoms with Gasteiger partial charge in [-0.25, -0.2) is 4.79 Å². The number of anilines is 1. The molecule has 0 amide bonds. The van der Waals surface area contributed by atoms with E-state index in [1.165, 1.54) is 37.9 Å². The Kier molecular flexibility index (Phi) is 11.7. The Morgan fingerprint density at radius 1 is 1.18 bits per heavy atom. The molecule has 1 aromatic carbocycles. The topological polar surface area (TPSA) is 88.1 Å². The number of benzene rings is 1. The molecule has 0 spiro atoms. The van der Waals surface area contributed by atoms with Gasteiger partial charge in [0.15, 0.2) is 12.1 Å². The summed E-state index contributed by atoms with van der Waals surface area (Å²) in [5.74, 6) is -0.425. The van der Waals surface area contributed by atoms with E-state index in [4.69, 9.17) is 14.6 Å². The summed E-state index contributed by atoms with van der Waals surface area (Å²) < 4.78 is 11.3. The number of nitrogens with zero attached hydrogens (tertiary/aromatic N) is 1. The van der Waals surface area contributed by atoms with Crippen molar-refractivity contribution in [2.24, 2.45) is 11.8 Å². The molecule has 1 aromatic rings. The SMILES string of the molecule is COC1CC(C)C(CCCCNCCCc2ccc(N(C)/C=C(\C(C)=O)C(=O)O)cc2)C(C)O1. The summed E-state index contributed by atoms with van der Waals surface area (Å²) in [6, 6.07) is 8.00. The average Bonchev–Trinajstić information content (AvgIpc) is 2.80. The van der Waals surface area contributed by atoms with E-state index in [-0.39, 0.29) is 18.0 Å². The van der Waals surface area contributed by atoms with E-state index >= 15 is 0 Å². The van der Waals surface area contributed by atoms with Crippen LogP contribution in [0.5, 0.6) is 0 Å². The van der Waals surface area contributed by atoms with E-state index in [1.807, 2.05) is 12.1 Å². The first-order valence-electron chi connectivity index (χ1n) is 12.4. The predicted octanol–water partition coefficient (Wildman–Crippen LogP) is 4.41. The van der Waals surface area contributed by atoms with Crippen LogP contribution in [-0.2, 0) is 25.5 Å². The van der Waals surface area contributed by atoms with Crippen LogP contribution in [-0.4, -0.2) is 56.5 Å². The smallest absolute Gasteiger partial charge is 0.340 e. The predicted molar refractivity (Wildman–Crippen MR) is 135 cm³/mol. The number of nitrogens with one attached hydrogen (secondary N) is 1. The van der Waals surface area contributed by atoms with Crippen LogP contribution >= 0.6 is 0 Å². The maximum Gasteiger partial charge on any atom is 0.340 e. The number of carboxylic acids is 1. The van der Waals surface area contributed by atoms with Crippen LogP contribution < -0.4 is 10.2 Å². The highest BCUT2D eigenvalue weighted by Gasteiger charge is 2.33. The zero-order valence-electron chi connectivity index (χ0n) is 21.4. The number of ketones is 1. The van der Waals surface area contributed by atoms with Gasteiger partial charge in [0.05, 0.1) is 6.10 Å². The molecule has 1 aliphatic rings. The highest BCUT2D eigenvalue weighted by Crippen LogP contribution is 2.34. The zero-order chi connectivity index (χ0) is 25.1. The Balaban J connectivity index is 1.62. The van der Waals surface area contributed by atoms with Crippen molar-refractivity contribution >= 4 is 17.4 Å². The fraction of sp³-hybridized carbons (Fsp3) is 0.630. The lowest BCUT2D eigenvalue weighted by Crippen LogP contribution is -2.39. The molecule has 0 bridgehead atoms. The Bertz CT molecular complexity index is 780. The van der Waals surface area contributed by atoms with Gasteiger partial charge in [-0.3, -0.25) is 4.79 Å². The van der Waals surface area contributed by atoms with Gasteiger partial charge in [-0.2, -0.15) is 0 Å². The van der Waals surface area contributed by atoms with Gasteiger partial charge in [0.1, 0.15) is 5.57 Å².